The zero-order chi connectivity index (χ0) is 84.5. The van der Waals surface area contributed by atoms with Gasteiger partial charge in [0.05, 0.1) is 24.8 Å². The summed E-state index contributed by atoms with van der Waals surface area (Å²) in [6.45, 7) is 113. The fraction of sp³-hybridized carbons (Fsp3) is 0.874. The zero-order valence-corrected chi connectivity index (χ0v) is 91.7. The average Bonchev–Trinajstić information content (AvgIpc) is 1.04. The molecule has 0 aliphatic carbocycles. The Morgan fingerprint density at radius 2 is 0.411 bits per heavy atom. The molecule has 0 rings (SSSR count). The molecule has 0 heterocycles. The predicted molar refractivity (Wildman–Crippen MR) is 471 cm³/mol. The molecule has 0 saturated carbocycles. The Morgan fingerprint density at radius 3 is 0.579 bits per heavy atom. The second-order valence-corrected chi connectivity index (χ2v) is 38.3. The number of rotatable bonds is 33. The number of ketones is 4. The Balaban J connectivity index is -0.0000000554. The molecule has 107 heavy (non-hydrogen) atoms. The van der Waals surface area contributed by atoms with Crippen molar-refractivity contribution in [1.82, 2.24) is 0 Å². The van der Waals surface area contributed by atoms with Crippen molar-refractivity contribution in [3.63, 3.8) is 0 Å². The summed E-state index contributed by atoms with van der Waals surface area (Å²) in [6, 6.07) is 0. The van der Waals surface area contributed by atoms with E-state index in [0.717, 1.165) is 97.4 Å². The first-order valence-corrected chi connectivity index (χ1v) is 41.3. The second-order valence-electron chi connectivity index (χ2n) is 38.3. The third-order valence-electron chi connectivity index (χ3n) is 13.7. The topological polar surface area (TPSA) is 105 Å². The second kappa shape index (κ2) is 101. The van der Waals surface area contributed by atoms with Crippen LogP contribution in [0.15, 0.2) is 0 Å². The maximum absolute atomic E-state index is 10.6. The Kier molecular flexibility index (Phi) is 142. The summed E-state index contributed by atoms with van der Waals surface area (Å²) in [5.41, 5.74) is 4.00. The summed E-state index contributed by atoms with van der Waals surface area (Å²) in [6.07, 6.45) is 33.4. The molecule has 0 saturated heterocycles. The predicted octanol–water partition coefficient (Wildman–Crippen LogP) is 31.1. The van der Waals surface area contributed by atoms with Crippen LogP contribution in [0.5, 0.6) is 0 Å². The summed E-state index contributed by atoms with van der Waals surface area (Å²) < 4.78 is 21.5. The van der Waals surface area contributed by atoms with E-state index < -0.39 is 0 Å². The van der Waals surface area contributed by atoms with E-state index in [9.17, 15) is 19.2 Å². The van der Waals surface area contributed by atoms with Crippen LogP contribution in [0.2, 0.25) is 0 Å². The summed E-state index contributed by atoms with van der Waals surface area (Å²) in [5, 5.41) is 0. The van der Waals surface area contributed by atoms with Gasteiger partial charge in [0, 0.05) is 52.5 Å². The number of hydrogen-bond donors (Lipinski definition) is 0. The number of unbranched alkanes of at least 4 members (excludes halogenated alkanes) is 8. The van der Waals surface area contributed by atoms with Crippen molar-refractivity contribution in [2.45, 2.75) is 442 Å². The molecule has 0 atom stereocenters. The van der Waals surface area contributed by atoms with Gasteiger partial charge in [-0.15, -0.1) is 12.8 Å². The molecule has 0 spiro atoms. The van der Waals surface area contributed by atoms with Gasteiger partial charge >= 0.3 is 84.3 Å². The molecular formula is C95H200O8W4. The summed E-state index contributed by atoms with van der Waals surface area (Å²) in [4.78, 5) is 40.6. The fourth-order valence-corrected chi connectivity index (χ4v) is 5.82. The van der Waals surface area contributed by atoms with E-state index in [-0.39, 0.29) is 107 Å². The molecule has 12 heteroatoms. The van der Waals surface area contributed by atoms with Gasteiger partial charge in [0.15, 0.2) is 0 Å². The number of Topliss-reactive ketones (excluding diaryl/α,β-unsaturated/α-hetero) is 4. The van der Waals surface area contributed by atoms with Crippen molar-refractivity contribution < 1.29 is 122 Å². The van der Waals surface area contributed by atoms with Crippen LogP contribution in [-0.4, -0.2) is 76.0 Å². The van der Waals surface area contributed by atoms with Gasteiger partial charge in [-0.05, 0) is 123 Å². The minimum atomic E-state index is 0. The molecule has 8 nitrogen and oxygen atoms in total. The van der Waals surface area contributed by atoms with E-state index in [4.69, 9.17) is 18.9 Å². The van der Waals surface area contributed by atoms with Gasteiger partial charge in [-0.3, -0.25) is 9.59 Å². The average molecular weight is 2210 g/mol. The van der Waals surface area contributed by atoms with Crippen LogP contribution < -0.4 is 0 Å². The van der Waals surface area contributed by atoms with E-state index >= 15 is 0 Å². The molecule has 0 radical (unpaired) electrons. The minimum Gasteiger partial charge on any atom is -0.381 e. The quantitative estimate of drug-likeness (QED) is 0.0473. The Morgan fingerprint density at radius 1 is 0.224 bits per heavy atom. The van der Waals surface area contributed by atoms with E-state index in [1.165, 1.54) is 123 Å². The molecule has 0 amide bonds. The van der Waals surface area contributed by atoms with Crippen LogP contribution >= 0.6 is 0 Å². The number of carbonyl (C=O) groups excluding carboxylic acids is 4. The van der Waals surface area contributed by atoms with Crippen molar-refractivity contribution in [2.24, 2.45) is 48.7 Å². The summed E-state index contributed by atoms with van der Waals surface area (Å²) in [7, 11) is 0. The molecule has 0 aromatic rings. The van der Waals surface area contributed by atoms with E-state index in [1.807, 2.05) is 0 Å². The smallest absolute Gasteiger partial charge is 0.381 e. The molecule has 0 fully saturated rings. The van der Waals surface area contributed by atoms with Gasteiger partial charge in [-0.25, -0.2) is 0 Å². The van der Waals surface area contributed by atoms with Crippen LogP contribution in [0.1, 0.15) is 442 Å². The SMILES string of the molecule is CC(=O)CCOCCC(C)(C)C.CC(=O)CCOCCCC(C)(C)C.CCCCCCCC(C)(C)C.CCCCOCCC(C)(C)C.CCCCOCCCC(C)(C)C.[CH2-]CC(C)(C)C.[CH2-]CC(C)(C)C.[CH2-]CC(C)=O.[CH2-]CC(C)=O.[CH2-]CCC.[CH2-]CCC.[CH2-]CCC(C)(C)C.[CH2-]CCC(C)(C)C.[W+2].[W+2].[W+2].[W+2]. The molecule has 0 aromatic carbocycles. The van der Waals surface area contributed by atoms with Crippen LogP contribution in [0, 0.1) is 104 Å². The normalized spacial score (nSPS) is 10.7. The standard InChI is InChI=1S/C11H22O2.C11H24O.C11H24.C10H20O2.C10H22O.2C7H15.2C6H13.2C4H7O.2C4H9.4W/c1-10(12)6-9-13-8-5-7-11(2,3)4;1-5-6-9-12-10-7-8-11(2,3)4;1-5-6-7-8-9-10-11(2,3)4;1-9(11)5-7-12-8-6-10(2,3)4;1-5-6-8-11-9-7-10(2,3)4;2*1-5-6-7(2,3)4;2*1-5-6(2,3)4;2*1-3-4(2)5;2*1-3-4-2;;;;/h5-9H2,1-4H3;5-10H2,1-4H3;5-10H2,1-4H3;5-8H2,1-4H3;5-9H2,1-4H3;2*1,5-6H2,2-4H3;2*1,5H2,2-4H3;2*1,3H2,2H3;2*1,3-4H2,2H3;;;;/q;;;;;8*-1;4*+2. The first-order valence-electron chi connectivity index (χ1n) is 41.3. The van der Waals surface area contributed by atoms with E-state index in [0.29, 0.717) is 87.6 Å². The van der Waals surface area contributed by atoms with Crippen molar-refractivity contribution in [2.75, 3.05) is 52.9 Å². The van der Waals surface area contributed by atoms with Crippen molar-refractivity contribution >= 4 is 23.1 Å². The monoisotopic (exact) mass is 2210 g/mol. The zero-order valence-electron chi connectivity index (χ0n) is 79.9. The summed E-state index contributed by atoms with van der Waals surface area (Å²) >= 11 is 0. The third kappa shape index (κ3) is 279. The number of ether oxygens (including phenoxy) is 4. The Hall–Kier alpha value is 1.27. The van der Waals surface area contributed by atoms with Crippen molar-refractivity contribution in [3.05, 3.63) is 55.4 Å². The minimum absolute atomic E-state index is 0. The molecular weight excluding hydrogens is 2000 g/mol. The molecule has 0 bridgehead atoms. The maximum Gasteiger partial charge on any atom is 2.00 e. The molecule has 0 aromatic heterocycles. The molecule has 0 unspecified atom stereocenters. The first kappa shape index (κ1) is 150. The van der Waals surface area contributed by atoms with E-state index in [1.54, 1.807) is 13.8 Å². The molecule has 0 N–H and O–H groups in total. The van der Waals surface area contributed by atoms with Gasteiger partial charge in [-0.1, -0.05) is 303 Å². The summed E-state index contributed by atoms with van der Waals surface area (Å²) in [5.74, 6) is 0.691. The molecule has 0 aliphatic heterocycles. The van der Waals surface area contributed by atoms with Gasteiger partial charge in [0.2, 0.25) is 0 Å². The van der Waals surface area contributed by atoms with Crippen LogP contribution in [0.25, 0.3) is 0 Å². The van der Waals surface area contributed by atoms with Crippen molar-refractivity contribution in [3.8, 4) is 0 Å². The van der Waals surface area contributed by atoms with Gasteiger partial charge in [0.25, 0.3) is 0 Å². The Labute approximate surface area is 738 Å². The number of hydrogen-bond acceptors (Lipinski definition) is 8. The third-order valence-corrected chi connectivity index (χ3v) is 13.7. The molecule has 0 aliphatic rings. The van der Waals surface area contributed by atoms with Crippen LogP contribution in [-0.2, 0) is 122 Å². The number of carbonyl (C=O) groups is 4. The van der Waals surface area contributed by atoms with Gasteiger partial charge in [-0.2, -0.15) is 38.5 Å². The van der Waals surface area contributed by atoms with E-state index in [2.05, 4.69) is 277 Å². The fourth-order valence-electron chi connectivity index (χ4n) is 5.82. The molecule has 652 valence electrons. The maximum atomic E-state index is 10.6. The Bertz CT molecular complexity index is 1550. The van der Waals surface area contributed by atoms with Gasteiger partial charge < -0.3 is 83.9 Å². The van der Waals surface area contributed by atoms with Crippen molar-refractivity contribution in [1.29, 1.82) is 0 Å². The van der Waals surface area contributed by atoms with Crippen LogP contribution in [0.4, 0.5) is 0 Å². The van der Waals surface area contributed by atoms with Gasteiger partial charge in [0.1, 0.15) is 11.6 Å². The largest absolute Gasteiger partial charge is 2.00 e. The first-order chi connectivity index (χ1) is 46.6. The van der Waals surface area contributed by atoms with Crippen LogP contribution in [0.3, 0.4) is 0 Å².